The quantitative estimate of drug-likeness (QED) is 0.449. The number of phenolic OH excluding ortho intramolecular Hbond substituents is 1. The molecule has 0 radical (unpaired) electrons. The molecule has 4 aromatic rings. The van der Waals surface area contributed by atoms with Crippen molar-refractivity contribution in [2.24, 2.45) is 0 Å². The number of anilines is 1. The first-order chi connectivity index (χ1) is 14.5. The molecule has 7 heteroatoms. The molecule has 0 saturated carbocycles. The highest BCUT2D eigenvalue weighted by Gasteiger charge is 2.18. The lowest BCUT2D eigenvalue weighted by Gasteiger charge is -2.12. The first kappa shape index (κ1) is 18.9. The normalized spacial score (nSPS) is 10.5. The predicted octanol–water partition coefficient (Wildman–Crippen LogP) is 4.66. The average molecular weight is 400 g/mol. The maximum absolute atomic E-state index is 12.9. The number of aromatic nitrogens is 1. The van der Waals surface area contributed by atoms with Crippen molar-refractivity contribution >= 4 is 17.6 Å². The van der Waals surface area contributed by atoms with Gasteiger partial charge in [0.25, 0.3) is 5.91 Å². The van der Waals surface area contributed by atoms with E-state index in [1.165, 1.54) is 30.7 Å². The molecule has 0 atom stereocenters. The van der Waals surface area contributed by atoms with Gasteiger partial charge < -0.3 is 19.9 Å². The van der Waals surface area contributed by atoms with Crippen LogP contribution in [0.25, 0.3) is 22.3 Å². The van der Waals surface area contributed by atoms with E-state index in [0.29, 0.717) is 11.1 Å². The summed E-state index contributed by atoms with van der Waals surface area (Å²) >= 11 is 0. The monoisotopic (exact) mass is 400 g/mol. The zero-order chi connectivity index (χ0) is 21.1. The Hall–Kier alpha value is -4.39. The van der Waals surface area contributed by atoms with Crippen molar-refractivity contribution in [1.29, 1.82) is 0 Å². The second-order valence-corrected chi connectivity index (χ2v) is 6.51. The number of pyridine rings is 1. The van der Waals surface area contributed by atoms with Gasteiger partial charge in [0.05, 0.1) is 29.3 Å². The molecule has 2 aromatic heterocycles. The Labute approximate surface area is 171 Å². The average Bonchev–Trinajstić information content (AvgIpc) is 3.29. The smallest absolute Gasteiger partial charge is 0.337 e. The second-order valence-electron chi connectivity index (χ2n) is 6.51. The molecule has 3 N–H and O–H groups in total. The molecule has 0 aliphatic rings. The van der Waals surface area contributed by atoms with Gasteiger partial charge in [-0.2, -0.15) is 0 Å². The van der Waals surface area contributed by atoms with Crippen LogP contribution >= 0.6 is 0 Å². The Balaban J connectivity index is 1.70. The van der Waals surface area contributed by atoms with Gasteiger partial charge in [0.2, 0.25) is 0 Å². The van der Waals surface area contributed by atoms with Gasteiger partial charge in [-0.1, -0.05) is 18.2 Å². The zero-order valence-electron chi connectivity index (χ0n) is 15.6. The Morgan fingerprint density at radius 2 is 1.70 bits per heavy atom. The number of rotatable bonds is 5. The van der Waals surface area contributed by atoms with E-state index in [1.807, 2.05) is 6.07 Å². The van der Waals surface area contributed by atoms with Crippen LogP contribution in [0.1, 0.15) is 20.7 Å². The number of hydrogen-bond donors (Lipinski definition) is 3. The first-order valence-corrected chi connectivity index (χ1v) is 8.97. The Morgan fingerprint density at radius 3 is 2.40 bits per heavy atom. The number of amides is 1. The third kappa shape index (κ3) is 3.77. The lowest BCUT2D eigenvalue weighted by atomic mass is 10.0. The van der Waals surface area contributed by atoms with E-state index in [9.17, 15) is 19.8 Å². The number of carbonyl (C=O) groups excluding carboxylic acids is 1. The molecule has 4 rings (SSSR count). The van der Waals surface area contributed by atoms with Crippen molar-refractivity contribution in [3.8, 4) is 28.0 Å². The molecule has 2 heterocycles. The summed E-state index contributed by atoms with van der Waals surface area (Å²) in [5, 5.41) is 22.3. The number of nitrogens with zero attached hydrogens (tertiary/aromatic N) is 1. The summed E-state index contributed by atoms with van der Waals surface area (Å²) in [6.07, 6.45) is 6.30. The van der Waals surface area contributed by atoms with Gasteiger partial charge in [-0.15, -0.1) is 0 Å². The third-order valence-electron chi connectivity index (χ3n) is 4.59. The van der Waals surface area contributed by atoms with Gasteiger partial charge in [-0.25, -0.2) is 4.79 Å². The van der Waals surface area contributed by atoms with Crippen LogP contribution in [0.4, 0.5) is 5.69 Å². The molecule has 2 aromatic carbocycles. The molecular formula is C23H16N2O5. The molecule has 7 nitrogen and oxygen atoms in total. The number of carbonyl (C=O) groups is 2. The fourth-order valence-electron chi connectivity index (χ4n) is 3.06. The number of carboxylic acids is 1. The highest BCUT2D eigenvalue weighted by Crippen LogP contribution is 2.29. The molecule has 0 bridgehead atoms. The minimum atomic E-state index is -1.18. The largest absolute Gasteiger partial charge is 0.507 e. The summed E-state index contributed by atoms with van der Waals surface area (Å²) in [4.78, 5) is 28.6. The fourth-order valence-corrected chi connectivity index (χ4v) is 3.06. The van der Waals surface area contributed by atoms with Gasteiger partial charge in [0.1, 0.15) is 5.75 Å². The van der Waals surface area contributed by atoms with Gasteiger partial charge in [-0.05, 0) is 47.5 Å². The lowest BCUT2D eigenvalue weighted by Crippen LogP contribution is -2.15. The van der Waals surface area contributed by atoms with E-state index in [4.69, 9.17) is 4.42 Å². The topological polar surface area (TPSA) is 113 Å². The molecule has 30 heavy (non-hydrogen) atoms. The second kappa shape index (κ2) is 7.92. The molecular weight excluding hydrogens is 384 g/mol. The van der Waals surface area contributed by atoms with Crippen molar-refractivity contribution in [1.82, 2.24) is 4.98 Å². The highest BCUT2D eigenvalue weighted by atomic mass is 16.4. The number of phenols is 1. The maximum Gasteiger partial charge on any atom is 0.337 e. The number of hydrogen-bond acceptors (Lipinski definition) is 5. The molecule has 148 valence electrons. The van der Waals surface area contributed by atoms with E-state index in [1.54, 1.807) is 42.7 Å². The molecule has 0 fully saturated rings. The SMILES string of the molecule is O=C(Nc1cc(-c2ccoc2)ccc1C(=O)O)c1cc(-c2cccnc2)ccc1O. The summed E-state index contributed by atoms with van der Waals surface area (Å²) < 4.78 is 5.07. The van der Waals surface area contributed by atoms with Crippen molar-refractivity contribution in [2.75, 3.05) is 5.32 Å². The van der Waals surface area contributed by atoms with E-state index < -0.39 is 11.9 Å². The Morgan fingerprint density at radius 1 is 0.900 bits per heavy atom. The van der Waals surface area contributed by atoms with Crippen molar-refractivity contribution in [2.45, 2.75) is 0 Å². The molecule has 0 aliphatic carbocycles. The summed E-state index contributed by atoms with van der Waals surface area (Å²) in [5.41, 5.74) is 2.94. The van der Waals surface area contributed by atoms with Crippen LogP contribution in [0.5, 0.6) is 5.75 Å². The molecule has 0 saturated heterocycles. The van der Waals surface area contributed by atoms with Crippen molar-refractivity contribution in [3.05, 3.63) is 90.6 Å². The van der Waals surface area contributed by atoms with Crippen LogP contribution in [0.3, 0.4) is 0 Å². The van der Waals surface area contributed by atoms with Crippen LogP contribution in [0.15, 0.2) is 83.9 Å². The highest BCUT2D eigenvalue weighted by molar-refractivity contribution is 6.10. The minimum Gasteiger partial charge on any atom is -0.507 e. The van der Waals surface area contributed by atoms with Gasteiger partial charge >= 0.3 is 5.97 Å². The maximum atomic E-state index is 12.9. The summed E-state index contributed by atoms with van der Waals surface area (Å²) in [6.45, 7) is 0. The van der Waals surface area contributed by atoms with Crippen LogP contribution in [-0.2, 0) is 0 Å². The summed E-state index contributed by atoms with van der Waals surface area (Å²) in [7, 11) is 0. The van der Waals surface area contributed by atoms with Crippen LogP contribution < -0.4 is 5.32 Å². The van der Waals surface area contributed by atoms with E-state index in [0.717, 1.165) is 11.1 Å². The number of nitrogens with one attached hydrogen (secondary N) is 1. The van der Waals surface area contributed by atoms with Crippen molar-refractivity contribution < 1.29 is 24.2 Å². The molecule has 0 spiro atoms. The van der Waals surface area contributed by atoms with E-state index in [-0.39, 0.29) is 22.6 Å². The van der Waals surface area contributed by atoms with Gasteiger partial charge in [-0.3, -0.25) is 9.78 Å². The summed E-state index contributed by atoms with van der Waals surface area (Å²) in [6, 6.07) is 14.5. The van der Waals surface area contributed by atoms with Gasteiger partial charge in [0.15, 0.2) is 0 Å². The van der Waals surface area contributed by atoms with Crippen LogP contribution in [-0.4, -0.2) is 27.1 Å². The summed E-state index contributed by atoms with van der Waals surface area (Å²) in [5.74, 6) is -2.04. The first-order valence-electron chi connectivity index (χ1n) is 8.97. The number of furan rings is 1. The number of aromatic hydroxyl groups is 1. The number of carboxylic acid groups (broad SMARTS) is 1. The number of benzene rings is 2. The Bertz CT molecular complexity index is 1220. The number of aromatic carboxylic acids is 1. The molecule has 0 unspecified atom stereocenters. The lowest BCUT2D eigenvalue weighted by molar-refractivity contribution is 0.0698. The minimum absolute atomic E-state index is 0.0152. The standard InChI is InChI=1S/C23H16N2O5/c26-21-6-4-14(16-2-1-8-24-12-16)10-19(21)22(27)25-20-11-15(17-7-9-30-13-17)3-5-18(20)23(28)29/h1-13,26H,(H,25,27)(H,28,29). The third-order valence-corrected chi connectivity index (χ3v) is 4.59. The molecule has 0 aliphatic heterocycles. The van der Waals surface area contributed by atoms with Crippen LogP contribution in [0.2, 0.25) is 0 Å². The van der Waals surface area contributed by atoms with E-state index >= 15 is 0 Å². The molecule has 1 amide bonds. The fraction of sp³-hybridized carbons (Fsp3) is 0. The Kier molecular flexibility index (Phi) is 5.00. The van der Waals surface area contributed by atoms with Crippen molar-refractivity contribution in [3.63, 3.8) is 0 Å². The van der Waals surface area contributed by atoms with E-state index in [2.05, 4.69) is 10.3 Å². The zero-order valence-corrected chi connectivity index (χ0v) is 15.6. The predicted molar refractivity (Wildman–Crippen MR) is 110 cm³/mol. The van der Waals surface area contributed by atoms with Gasteiger partial charge in [0, 0.05) is 23.5 Å². The van der Waals surface area contributed by atoms with Crippen LogP contribution in [0, 0.1) is 0 Å².